The first-order valence-corrected chi connectivity index (χ1v) is 11.7. The number of H-pyrrole nitrogens is 1. The third-order valence-corrected chi connectivity index (χ3v) is 6.01. The fourth-order valence-corrected chi connectivity index (χ4v) is 3.94. The minimum absolute atomic E-state index is 0.186. The Labute approximate surface area is 199 Å². The summed E-state index contributed by atoms with van der Waals surface area (Å²) >= 11 is 0. The van der Waals surface area contributed by atoms with Gasteiger partial charge in [0.15, 0.2) is 5.82 Å². The summed E-state index contributed by atoms with van der Waals surface area (Å²) in [6, 6.07) is 17.4. The van der Waals surface area contributed by atoms with E-state index in [9.17, 15) is 9.59 Å². The van der Waals surface area contributed by atoms with Crippen molar-refractivity contribution in [2.24, 2.45) is 0 Å². The quantitative estimate of drug-likeness (QED) is 0.499. The fraction of sp³-hybridized carbons (Fsp3) is 0.346. The molecule has 0 radical (unpaired) electrons. The van der Waals surface area contributed by atoms with Gasteiger partial charge in [0.25, 0.3) is 5.91 Å². The van der Waals surface area contributed by atoms with Crippen LogP contribution in [0, 0.1) is 0 Å². The van der Waals surface area contributed by atoms with Crippen LogP contribution in [0.2, 0.25) is 0 Å². The normalized spacial score (nSPS) is 14.1. The Kier molecular flexibility index (Phi) is 7.59. The molecule has 0 bridgehead atoms. The van der Waals surface area contributed by atoms with Crippen molar-refractivity contribution in [3.63, 3.8) is 0 Å². The molecule has 0 saturated carbocycles. The van der Waals surface area contributed by atoms with Gasteiger partial charge in [-0.05, 0) is 55.8 Å². The standard InChI is InChI=1S/C26H31N5O3/c1-3-34-25(32)13-6-19-4-7-20(8-5-19)23-18-24(29-28-23)27-26(33)21-9-11-22(12-10-21)31-16-14-30(2)15-17-31/h4-5,7-12,18H,3,6,13-17H2,1-2H3,(H2,27,28,29,33). The van der Waals surface area contributed by atoms with Gasteiger partial charge in [-0.1, -0.05) is 24.3 Å². The molecule has 3 aromatic rings. The van der Waals surface area contributed by atoms with Crippen LogP contribution in [0.4, 0.5) is 11.5 Å². The van der Waals surface area contributed by atoms with E-state index in [1.54, 1.807) is 6.92 Å². The van der Waals surface area contributed by atoms with E-state index in [2.05, 4.69) is 32.4 Å². The van der Waals surface area contributed by atoms with Gasteiger partial charge in [-0.2, -0.15) is 5.10 Å². The Morgan fingerprint density at radius 3 is 2.41 bits per heavy atom. The number of rotatable bonds is 8. The number of likely N-dealkylation sites (N-methyl/N-ethyl adjacent to an activating group) is 1. The summed E-state index contributed by atoms with van der Waals surface area (Å²) < 4.78 is 4.97. The Bertz CT molecular complexity index is 1100. The predicted octanol–water partition coefficient (Wildman–Crippen LogP) is 3.58. The highest BCUT2D eigenvalue weighted by molar-refractivity contribution is 6.04. The molecule has 34 heavy (non-hydrogen) atoms. The Balaban J connectivity index is 1.32. The molecule has 8 nitrogen and oxygen atoms in total. The average Bonchev–Trinajstić information content (AvgIpc) is 3.32. The van der Waals surface area contributed by atoms with Crippen LogP contribution in [-0.4, -0.2) is 66.8 Å². The number of nitrogens with zero attached hydrogens (tertiary/aromatic N) is 3. The van der Waals surface area contributed by atoms with Crippen molar-refractivity contribution in [2.75, 3.05) is 50.1 Å². The van der Waals surface area contributed by atoms with E-state index in [-0.39, 0.29) is 11.9 Å². The second-order valence-corrected chi connectivity index (χ2v) is 8.46. The van der Waals surface area contributed by atoms with E-state index >= 15 is 0 Å². The zero-order chi connectivity index (χ0) is 23.9. The topological polar surface area (TPSA) is 90.6 Å². The van der Waals surface area contributed by atoms with Gasteiger partial charge in [0.1, 0.15) is 0 Å². The maximum Gasteiger partial charge on any atom is 0.306 e. The molecule has 0 atom stereocenters. The number of anilines is 2. The van der Waals surface area contributed by atoms with Crippen LogP contribution in [0.25, 0.3) is 11.3 Å². The van der Waals surface area contributed by atoms with Crippen LogP contribution in [-0.2, 0) is 16.0 Å². The van der Waals surface area contributed by atoms with Crippen molar-refractivity contribution in [1.82, 2.24) is 15.1 Å². The van der Waals surface area contributed by atoms with E-state index < -0.39 is 0 Å². The number of aromatic nitrogens is 2. The Morgan fingerprint density at radius 1 is 1.03 bits per heavy atom. The molecule has 8 heteroatoms. The molecular weight excluding hydrogens is 430 g/mol. The maximum absolute atomic E-state index is 12.7. The van der Waals surface area contributed by atoms with E-state index in [4.69, 9.17) is 4.74 Å². The monoisotopic (exact) mass is 461 g/mol. The highest BCUT2D eigenvalue weighted by Gasteiger charge is 2.15. The molecule has 0 unspecified atom stereocenters. The van der Waals surface area contributed by atoms with E-state index in [1.807, 2.05) is 54.6 Å². The molecule has 1 saturated heterocycles. The van der Waals surface area contributed by atoms with E-state index in [0.29, 0.717) is 30.8 Å². The molecule has 2 heterocycles. The minimum Gasteiger partial charge on any atom is -0.466 e. The minimum atomic E-state index is -0.197. The molecule has 1 amide bonds. The number of carbonyl (C=O) groups excluding carboxylic acids is 2. The number of esters is 1. The molecule has 4 rings (SSSR count). The molecule has 2 aromatic carbocycles. The molecule has 0 spiro atoms. The number of nitrogens with one attached hydrogen (secondary N) is 2. The van der Waals surface area contributed by atoms with Crippen molar-refractivity contribution in [2.45, 2.75) is 19.8 Å². The zero-order valence-electron chi connectivity index (χ0n) is 19.7. The molecule has 1 aliphatic rings. The lowest BCUT2D eigenvalue weighted by molar-refractivity contribution is -0.143. The van der Waals surface area contributed by atoms with Crippen molar-refractivity contribution in [1.29, 1.82) is 0 Å². The highest BCUT2D eigenvalue weighted by Crippen LogP contribution is 2.22. The molecule has 178 valence electrons. The van der Waals surface area contributed by atoms with Gasteiger partial charge in [-0.15, -0.1) is 0 Å². The maximum atomic E-state index is 12.7. The molecule has 0 aliphatic carbocycles. The van der Waals surface area contributed by atoms with Gasteiger partial charge in [0.05, 0.1) is 12.3 Å². The third-order valence-electron chi connectivity index (χ3n) is 6.01. The summed E-state index contributed by atoms with van der Waals surface area (Å²) in [5.41, 5.74) is 4.54. The molecule has 2 N–H and O–H groups in total. The summed E-state index contributed by atoms with van der Waals surface area (Å²) in [5.74, 6) is 0.0846. The lowest BCUT2D eigenvalue weighted by Crippen LogP contribution is -2.44. The predicted molar refractivity (Wildman–Crippen MR) is 133 cm³/mol. The van der Waals surface area contributed by atoms with Gasteiger partial charge in [-0.3, -0.25) is 14.7 Å². The second-order valence-electron chi connectivity index (χ2n) is 8.46. The number of benzene rings is 2. The van der Waals surface area contributed by atoms with Crippen LogP contribution in [0.15, 0.2) is 54.6 Å². The number of aromatic amines is 1. The van der Waals surface area contributed by atoms with Gasteiger partial charge in [0.2, 0.25) is 0 Å². The zero-order valence-corrected chi connectivity index (χ0v) is 19.7. The SMILES string of the molecule is CCOC(=O)CCc1ccc(-c2cc(NC(=O)c3ccc(N4CCN(C)CC4)cc3)n[nH]2)cc1. The van der Waals surface area contributed by atoms with Crippen molar-refractivity contribution >= 4 is 23.4 Å². The third kappa shape index (κ3) is 6.02. The van der Waals surface area contributed by atoms with Gasteiger partial charge < -0.3 is 19.9 Å². The highest BCUT2D eigenvalue weighted by atomic mass is 16.5. The second kappa shape index (κ2) is 11.0. The van der Waals surface area contributed by atoms with Crippen LogP contribution in [0.1, 0.15) is 29.3 Å². The summed E-state index contributed by atoms with van der Waals surface area (Å²) in [7, 11) is 2.13. The first kappa shape index (κ1) is 23.5. The number of aryl methyl sites for hydroxylation is 1. The number of amides is 1. The Morgan fingerprint density at radius 2 is 1.74 bits per heavy atom. The Hall–Kier alpha value is -3.65. The van der Waals surface area contributed by atoms with Crippen molar-refractivity contribution in [3.05, 3.63) is 65.7 Å². The lowest BCUT2D eigenvalue weighted by atomic mass is 10.1. The van der Waals surface area contributed by atoms with E-state index in [1.165, 1.54) is 0 Å². The van der Waals surface area contributed by atoms with Gasteiger partial charge >= 0.3 is 5.97 Å². The van der Waals surface area contributed by atoms with Crippen molar-refractivity contribution in [3.8, 4) is 11.3 Å². The van der Waals surface area contributed by atoms with E-state index in [0.717, 1.165) is 48.7 Å². The number of carbonyl (C=O) groups is 2. The summed E-state index contributed by atoms with van der Waals surface area (Å²) in [6.45, 7) is 6.27. The number of ether oxygens (including phenoxy) is 1. The number of piperazine rings is 1. The summed E-state index contributed by atoms with van der Waals surface area (Å²) in [4.78, 5) is 28.9. The largest absolute Gasteiger partial charge is 0.466 e. The smallest absolute Gasteiger partial charge is 0.306 e. The fourth-order valence-electron chi connectivity index (χ4n) is 3.94. The lowest BCUT2D eigenvalue weighted by Gasteiger charge is -2.34. The molecular formula is C26H31N5O3. The number of hydrogen-bond donors (Lipinski definition) is 2. The molecule has 1 aromatic heterocycles. The van der Waals surface area contributed by atoms with Crippen molar-refractivity contribution < 1.29 is 14.3 Å². The average molecular weight is 462 g/mol. The first-order valence-electron chi connectivity index (χ1n) is 11.7. The van der Waals surface area contributed by atoms with Crippen LogP contribution in [0.5, 0.6) is 0 Å². The molecule has 1 aliphatic heterocycles. The first-order chi connectivity index (χ1) is 16.5. The summed E-state index contributed by atoms with van der Waals surface area (Å²) in [5, 5.41) is 10.1. The van der Waals surface area contributed by atoms with Crippen LogP contribution >= 0.6 is 0 Å². The van der Waals surface area contributed by atoms with Gasteiger partial charge in [0, 0.05) is 49.9 Å². The van der Waals surface area contributed by atoms with Crippen LogP contribution in [0.3, 0.4) is 0 Å². The number of hydrogen-bond acceptors (Lipinski definition) is 6. The van der Waals surface area contributed by atoms with Gasteiger partial charge in [-0.25, -0.2) is 0 Å². The summed E-state index contributed by atoms with van der Waals surface area (Å²) in [6.07, 6.45) is 1.00. The molecule has 1 fully saturated rings. The van der Waals surface area contributed by atoms with Crippen LogP contribution < -0.4 is 10.2 Å².